The molecule has 7 heteroatoms. The van der Waals surface area contributed by atoms with Crippen molar-refractivity contribution in [2.45, 2.75) is 32.4 Å². The number of nitrogens with one attached hydrogen (secondary N) is 1. The molecule has 0 bridgehead atoms. The highest BCUT2D eigenvalue weighted by atomic mass is 16.4. The molecule has 0 saturated carbocycles. The molecule has 1 atom stereocenters. The molecule has 3 aromatic rings. The van der Waals surface area contributed by atoms with Gasteiger partial charge in [-0.25, -0.2) is 4.79 Å². The Morgan fingerprint density at radius 2 is 2.10 bits per heavy atom. The minimum atomic E-state index is -1.21. The number of H-pyrrole nitrogens is 1. The largest absolute Gasteiger partial charge is 0.477 e. The number of aromatic nitrogens is 2. The monoisotopic (exact) mass is 394 g/mol. The number of aryl methyl sites for hydroxylation is 2. The third-order valence-corrected chi connectivity index (χ3v) is 5.86. The Bertz CT molecular complexity index is 1140. The van der Waals surface area contributed by atoms with Crippen LogP contribution in [0.25, 0.3) is 22.2 Å². The Morgan fingerprint density at radius 1 is 1.31 bits per heavy atom. The van der Waals surface area contributed by atoms with Gasteiger partial charge in [0.1, 0.15) is 5.56 Å². The predicted octanol–water partition coefficient (Wildman–Crippen LogP) is 2.33. The highest BCUT2D eigenvalue weighted by Crippen LogP contribution is 2.28. The number of nitrogens with two attached hydrogens (primary N) is 1. The number of rotatable bonds is 5. The van der Waals surface area contributed by atoms with Crippen molar-refractivity contribution in [3.05, 3.63) is 57.5 Å². The van der Waals surface area contributed by atoms with Crippen LogP contribution in [0, 0.1) is 0 Å². The summed E-state index contributed by atoms with van der Waals surface area (Å²) < 4.78 is 2.19. The van der Waals surface area contributed by atoms with E-state index in [9.17, 15) is 14.7 Å². The number of likely N-dealkylation sites (tertiary alicyclic amines) is 1. The molecule has 1 aliphatic rings. The Balaban J connectivity index is 1.73. The van der Waals surface area contributed by atoms with E-state index in [0.29, 0.717) is 12.1 Å². The van der Waals surface area contributed by atoms with Crippen LogP contribution >= 0.6 is 0 Å². The second-order valence-electron chi connectivity index (χ2n) is 7.82. The van der Waals surface area contributed by atoms with Gasteiger partial charge in [0, 0.05) is 49.3 Å². The first kappa shape index (κ1) is 19.4. The quantitative estimate of drug-likeness (QED) is 0.616. The summed E-state index contributed by atoms with van der Waals surface area (Å²) in [7, 11) is 2.06. The van der Waals surface area contributed by atoms with Crippen LogP contribution in [0.3, 0.4) is 0 Å². The highest BCUT2D eigenvalue weighted by molar-refractivity contribution is 5.89. The van der Waals surface area contributed by atoms with Gasteiger partial charge in [-0.05, 0) is 48.2 Å². The average Bonchev–Trinajstić information content (AvgIpc) is 3.24. The SMILES string of the molecule is CCc1cc(C(=O)O)c(=O)[nH]c1-c1ccc2c(c1)cc(CN1CCC(N)C1)n2C. The van der Waals surface area contributed by atoms with Crippen LogP contribution < -0.4 is 11.3 Å². The Labute approximate surface area is 168 Å². The molecule has 4 N–H and O–H groups in total. The molecule has 1 saturated heterocycles. The number of hydrogen-bond donors (Lipinski definition) is 3. The number of hydrogen-bond acceptors (Lipinski definition) is 4. The van der Waals surface area contributed by atoms with Gasteiger partial charge < -0.3 is 20.4 Å². The lowest BCUT2D eigenvalue weighted by molar-refractivity contribution is 0.0695. The molecule has 3 heterocycles. The number of aromatic amines is 1. The summed E-state index contributed by atoms with van der Waals surface area (Å²) in [5, 5.41) is 10.3. The summed E-state index contributed by atoms with van der Waals surface area (Å²) in [6, 6.07) is 10.00. The van der Waals surface area contributed by atoms with Gasteiger partial charge in [-0.2, -0.15) is 0 Å². The highest BCUT2D eigenvalue weighted by Gasteiger charge is 2.20. The van der Waals surface area contributed by atoms with Crippen molar-refractivity contribution in [2.75, 3.05) is 13.1 Å². The zero-order chi connectivity index (χ0) is 20.7. The Hall–Kier alpha value is -2.90. The van der Waals surface area contributed by atoms with Gasteiger partial charge in [0.05, 0.1) is 5.69 Å². The minimum absolute atomic E-state index is 0.225. The van der Waals surface area contributed by atoms with E-state index in [-0.39, 0.29) is 11.6 Å². The zero-order valence-electron chi connectivity index (χ0n) is 16.7. The minimum Gasteiger partial charge on any atom is -0.477 e. The fourth-order valence-electron chi connectivity index (χ4n) is 4.22. The summed E-state index contributed by atoms with van der Waals surface area (Å²) in [6.45, 7) is 4.75. The van der Waals surface area contributed by atoms with E-state index < -0.39 is 11.5 Å². The number of carboxylic acid groups (broad SMARTS) is 1. The van der Waals surface area contributed by atoms with Crippen molar-refractivity contribution in [1.82, 2.24) is 14.5 Å². The van der Waals surface area contributed by atoms with E-state index in [0.717, 1.165) is 48.1 Å². The van der Waals surface area contributed by atoms with E-state index in [1.165, 1.54) is 11.8 Å². The number of pyridine rings is 1. The summed E-state index contributed by atoms with van der Waals surface area (Å²) in [5.74, 6) is -1.21. The van der Waals surface area contributed by atoms with Gasteiger partial charge >= 0.3 is 5.97 Å². The van der Waals surface area contributed by atoms with E-state index in [4.69, 9.17) is 5.73 Å². The average molecular weight is 394 g/mol. The van der Waals surface area contributed by atoms with E-state index >= 15 is 0 Å². The second-order valence-corrected chi connectivity index (χ2v) is 7.82. The Kier molecular flexibility index (Phi) is 5.02. The van der Waals surface area contributed by atoms with Crippen LogP contribution in [0.5, 0.6) is 0 Å². The molecule has 2 aromatic heterocycles. The first-order chi connectivity index (χ1) is 13.9. The van der Waals surface area contributed by atoms with Gasteiger partial charge in [0.2, 0.25) is 0 Å². The molecule has 4 rings (SSSR count). The van der Waals surface area contributed by atoms with Gasteiger partial charge in [-0.15, -0.1) is 0 Å². The van der Waals surface area contributed by atoms with Crippen molar-refractivity contribution < 1.29 is 9.90 Å². The van der Waals surface area contributed by atoms with Crippen LogP contribution in [0.4, 0.5) is 0 Å². The summed E-state index contributed by atoms with van der Waals surface area (Å²) in [6.07, 6.45) is 1.66. The third kappa shape index (κ3) is 3.59. The molecule has 0 spiro atoms. The molecule has 1 fully saturated rings. The smallest absolute Gasteiger partial charge is 0.341 e. The van der Waals surface area contributed by atoms with Crippen LogP contribution in [0.2, 0.25) is 0 Å². The first-order valence-corrected chi connectivity index (χ1v) is 9.93. The maximum Gasteiger partial charge on any atom is 0.341 e. The third-order valence-electron chi connectivity index (χ3n) is 5.86. The van der Waals surface area contributed by atoms with E-state index in [1.54, 1.807) is 0 Å². The molecule has 1 aliphatic heterocycles. The number of fused-ring (bicyclic) bond motifs is 1. The van der Waals surface area contributed by atoms with Crippen LogP contribution in [0.1, 0.15) is 35.0 Å². The summed E-state index contributed by atoms with van der Waals surface area (Å²) in [4.78, 5) is 28.6. The normalized spacial score (nSPS) is 17.3. The second kappa shape index (κ2) is 7.50. The lowest BCUT2D eigenvalue weighted by Crippen LogP contribution is -2.26. The number of carboxylic acids is 1. The fourth-order valence-corrected chi connectivity index (χ4v) is 4.22. The molecule has 152 valence electrons. The van der Waals surface area contributed by atoms with Crippen LogP contribution in [0.15, 0.2) is 35.1 Å². The van der Waals surface area contributed by atoms with Gasteiger partial charge in [0.25, 0.3) is 5.56 Å². The van der Waals surface area contributed by atoms with Crippen molar-refractivity contribution >= 4 is 16.9 Å². The maximum absolute atomic E-state index is 12.2. The number of nitrogens with zero attached hydrogens (tertiary/aromatic N) is 2. The van der Waals surface area contributed by atoms with Gasteiger partial charge in [0.15, 0.2) is 0 Å². The fraction of sp³-hybridized carbons (Fsp3) is 0.364. The van der Waals surface area contributed by atoms with Crippen molar-refractivity contribution in [2.24, 2.45) is 12.8 Å². The van der Waals surface area contributed by atoms with E-state index in [1.807, 2.05) is 19.1 Å². The van der Waals surface area contributed by atoms with Crippen molar-refractivity contribution in [3.63, 3.8) is 0 Å². The molecule has 0 radical (unpaired) electrons. The Morgan fingerprint density at radius 3 is 2.76 bits per heavy atom. The van der Waals surface area contributed by atoms with Crippen molar-refractivity contribution in [1.29, 1.82) is 0 Å². The molecule has 0 aliphatic carbocycles. The van der Waals surface area contributed by atoms with Crippen LogP contribution in [-0.2, 0) is 20.0 Å². The number of carbonyl (C=O) groups is 1. The molecule has 7 nitrogen and oxygen atoms in total. The van der Waals surface area contributed by atoms with Gasteiger partial charge in [-0.3, -0.25) is 9.69 Å². The van der Waals surface area contributed by atoms with Crippen LogP contribution in [-0.4, -0.2) is 44.7 Å². The summed E-state index contributed by atoms with van der Waals surface area (Å²) >= 11 is 0. The molecule has 29 heavy (non-hydrogen) atoms. The number of benzene rings is 1. The van der Waals surface area contributed by atoms with Crippen molar-refractivity contribution in [3.8, 4) is 11.3 Å². The molecular formula is C22H26N4O3. The summed E-state index contributed by atoms with van der Waals surface area (Å²) in [5.41, 5.74) is 9.93. The molecule has 1 unspecified atom stereocenters. The molecule has 1 aromatic carbocycles. The number of aromatic carboxylic acids is 1. The maximum atomic E-state index is 12.2. The van der Waals surface area contributed by atoms with E-state index in [2.05, 4.69) is 33.6 Å². The topological polar surface area (TPSA) is 104 Å². The zero-order valence-corrected chi connectivity index (χ0v) is 16.7. The first-order valence-electron chi connectivity index (χ1n) is 9.93. The molecule has 0 amide bonds. The predicted molar refractivity (Wildman–Crippen MR) is 113 cm³/mol. The van der Waals surface area contributed by atoms with Gasteiger partial charge in [-0.1, -0.05) is 13.0 Å². The molecular weight excluding hydrogens is 368 g/mol. The lowest BCUT2D eigenvalue weighted by atomic mass is 10.0. The standard InChI is InChI=1S/C22H26N4O3/c1-3-13-10-18(22(28)29)21(27)24-20(13)14-4-5-19-15(8-14)9-17(25(19)2)12-26-7-6-16(23)11-26/h4-5,8-10,16H,3,6-7,11-12,23H2,1-2H3,(H,24,27)(H,28,29). The lowest BCUT2D eigenvalue weighted by Gasteiger charge is -2.15.